The van der Waals surface area contributed by atoms with E-state index in [1.54, 1.807) is 0 Å². The summed E-state index contributed by atoms with van der Waals surface area (Å²) >= 11 is 0. The van der Waals surface area contributed by atoms with Gasteiger partial charge in [0.05, 0.1) is 12.2 Å². The van der Waals surface area contributed by atoms with Crippen molar-refractivity contribution in [1.29, 1.82) is 0 Å². The van der Waals surface area contributed by atoms with Crippen LogP contribution in [0.15, 0.2) is 6.20 Å². The maximum atomic E-state index is 6.29. The Morgan fingerprint density at radius 2 is 1.96 bits per heavy atom. The Morgan fingerprint density at radius 1 is 1.19 bits per heavy atom. The minimum absolute atomic E-state index is 0.212. The summed E-state index contributed by atoms with van der Waals surface area (Å²) in [6.07, 6.45) is 14.5. The third-order valence-corrected chi connectivity index (χ3v) is 6.72. The number of rotatable bonds is 5. The summed E-state index contributed by atoms with van der Waals surface area (Å²) in [6.45, 7) is 7.30. The molecule has 1 atom stereocenters. The van der Waals surface area contributed by atoms with E-state index in [4.69, 9.17) is 9.72 Å². The second kappa shape index (κ2) is 8.44. The van der Waals surface area contributed by atoms with E-state index in [2.05, 4.69) is 22.1 Å². The lowest BCUT2D eigenvalue weighted by Gasteiger charge is -2.36. The van der Waals surface area contributed by atoms with Crippen molar-refractivity contribution >= 4 is 5.82 Å². The van der Waals surface area contributed by atoms with Crippen molar-refractivity contribution < 1.29 is 4.74 Å². The molecule has 2 saturated heterocycles. The number of aromatic nitrogens is 2. The van der Waals surface area contributed by atoms with Gasteiger partial charge >= 0.3 is 0 Å². The van der Waals surface area contributed by atoms with Crippen molar-refractivity contribution in [2.75, 3.05) is 24.6 Å². The zero-order valence-electron chi connectivity index (χ0n) is 17.2. The van der Waals surface area contributed by atoms with Crippen molar-refractivity contribution in [3.63, 3.8) is 0 Å². The first-order valence-corrected chi connectivity index (χ1v) is 11.1. The van der Waals surface area contributed by atoms with Crippen LogP contribution in [0.25, 0.3) is 0 Å². The summed E-state index contributed by atoms with van der Waals surface area (Å²) in [6, 6.07) is 1.17. The molecule has 3 fully saturated rings. The number of piperidine rings is 1. The molecule has 1 aromatic rings. The van der Waals surface area contributed by atoms with Crippen molar-refractivity contribution in [1.82, 2.24) is 15.3 Å². The Morgan fingerprint density at radius 3 is 2.70 bits per heavy atom. The maximum Gasteiger partial charge on any atom is 0.135 e. The maximum absolute atomic E-state index is 6.29. The number of aryl methyl sites for hydroxylation is 2. The Kier molecular flexibility index (Phi) is 5.98. The zero-order chi connectivity index (χ0) is 18.7. The van der Waals surface area contributed by atoms with E-state index in [9.17, 15) is 0 Å². The van der Waals surface area contributed by atoms with Crippen LogP contribution in [0.5, 0.6) is 0 Å². The standard InChI is InChI=1S/C22H36N4O/c1-3-7-18-15-23-17(2)24-21(18)26-12-8-19(9-13-26)25-20-14-22(27-16-20)10-5-4-6-11-22/h15,19-20,25H,3-14,16H2,1-2H3/t20-/m0/s1. The van der Waals surface area contributed by atoms with E-state index in [0.717, 1.165) is 38.4 Å². The lowest BCUT2D eigenvalue weighted by Crippen LogP contribution is -2.47. The van der Waals surface area contributed by atoms with Gasteiger partial charge in [-0.25, -0.2) is 9.97 Å². The summed E-state index contributed by atoms with van der Waals surface area (Å²) in [7, 11) is 0. The Bertz CT molecular complexity index is 621. The van der Waals surface area contributed by atoms with Crippen LogP contribution in [-0.2, 0) is 11.2 Å². The predicted molar refractivity (Wildman–Crippen MR) is 109 cm³/mol. The smallest absolute Gasteiger partial charge is 0.135 e. The molecule has 3 aliphatic rings. The average molecular weight is 373 g/mol. The lowest BCUT2D eigenvalue weighted by atomic mass is 9.82. The van der Waals surface area contributed by atoms with Gasteiger partial charge in [0.15, 0.2) is 0 Å². The molecule has 0 radical (unpaired) electrons. The number of ether oxygens (including phenoxy) is 1. The minimum Gasteiger partial charge on any atom is -0.373 e. The van der Waals surface area contributed by atoms with Crippen LogP contribution in [0.3, 0.4) is 0 Å². The van der Waals surface area contributed by atoms with Crippen LogP contribution < -0.4 is 10.2 Å². The molecule has 1 aromatic heterocycles. The molecule has 0 aromatic carbocycles. The number of hydrogen-bond donors (Lipinski definition) is 1. The average Bonchev–Trinajstić information content (AvgIpc) is 3.06. The van der Waals surface area contributed by atoms with E-state index in [-0.39, 0.29) is 5.60 Å². The molecule has 150 valence electrons. The van der Waals surface area contributed by atoms with Crippen LogP contribution in [-0.4, -0.2) is 47.3 Å². The van der Waals surface area contributed by atoms with Gasteiger partial charge in [-0.15, -0.1) is 0 Å². The van der Waals surface area contributed by atoms with Gasteiger partial charge in [-0.3, -0.25) is 0 Å². The van der Waals surface area contributed by atoms with Crippen LogP contribution in [0.2, 0.25) is 0 Å². The van der Waals surface area contributed by atoms with E-state index in [1.165, 1.54) is 62.7 Å². The summed E-state index contributed by atoms with van der Waals surface area (Å²) in [5, 5.41) is 3.93. The van der Waals surface area contributed by atoms with Crippen LogP contribution in [0.1, 0.15) is 76.1 Å². The van der Waals surface area contributed by atoms with Crippen molar-refractivity contribution in [3.05, 3.63) is 17.6 Å². The fourth-order valence-corrected chi connectivity index (χ4v) is 5.29. The highest BCUT2D eigenvalue weighted by Gasteiger charge is 2.41. The fraction of sp³-hybridized carbons (Fsp3) is 0.818. The van der Waals surface area contributed by atoms with Crippen LogP contribution >= 0.6 is 0 Å². The number of nitrogens with zero attached hydrogens (tertiary/aromatic N) is 3. The molecule has 0 bridgehead atoms. The van der Waals surface area contributed by atoms with Gasteiger partial charge in [0.25, 0.3) is 0 Å². The highest BCUT2D eigenvalue weighted by Crippen LogP contribution is 2.39. The summed E-state index contributed by atoms with van der Waals surface area (Å²) < 4.78 is 6.29. The Hall–Kier alpha value is -1.20. The molecule has 1 spiro atoms. The van der Waals surface area contributed by atoms with Gasteiger partial charge in [-0.1, -0.05) is 32.6 Å². The second-order valence-corrected chi connectivity index (χ2v) is 8.90. The zero-order valence-corrected chi connectivity index (χ0v) is 17.2. The number of nitrogens with one attached hydrogen (secondary N) is 1. The highest BCUT2D eigenvalue weighted by atomic mass is 16.5. The SMILES string of the molecule is CCCc1cnc(C)nc1N1CCC(N[C@@H]2COC3(CCCCC3)C2)CC1. The quantitative estimate of drug-likeness (QED) is 0.852. The minimum atomic E-state index is 0.212. The molecule has 1 aliphatic carbocycles. The molecule has 5 nitrogen and oxygen atoms in total. The van der Waals surface area contributed by atoms with Gasteiger partial charge in [-0.2, -0.15) is 0 Å². The molecule has 5 heteroatoms. The van der Waals surface area contributed by atoms with Crippen molar-refractivity contribution in [3.8, 4) is 0 Å². The highest BCUT2D eigenvalue weighted by molar-refractivity contribution is 5.46. The predicted octanol–water partition coefficient (Wildman–Crippen LogP) is 3.79. The third-order valence-electron chi connectivity index (χ3n) is 6.72. The number of anilines is 1. The molecular formula is C22H36N4O. The first-order valence-electron chi connectivity index (χ1n) is 11.1. The van der Waals surface area contributed by atoms with E-state index >= 15 is 0 Å². The summed E-state index contributed by atoms with van der Waals surface area (Å²) in [5.41, 5.74) is 1.52. The summed E-state index contributed by atoms with van der Waals surface area (Å²) in [5.74, 6) is 2.05. The molecule has 1 N–H and O–H groups in total. The monoisotopic (exact) mass is 372 g/mol. The van der Waals surface area contributed by atoms with E-state index < -0.39 is 0 Å². The largest absolute Gasteiger partial charge is 0.373 e. The van der Waals surface area contributed by atoms with E-state index in [1.807, 2.05) is 13.1 Å². The van der Waals surface area contributed by atoms with Gasteiger partial charge in [0.2, 0.25) is 0 Å². The summed E-state index contributed by atoms with van der Waals surface area (Å²) in [4.78, 5) is 11.7. The van der Waals surface area contributed by atoms with Crippen molar-refractivity contribution in [2.24, 2.45) is 0 Å². The number of hydrogen-bond acceptors (Lipinski definition) is 5. The first kappa shape index (κ1) is 19.1. The normalized spacial score (nSPS) is 26.0. The van der Waals surface area contributed by atoms with Crippen LogP contribution in [0, 0.1) is 6.92 Å². The third kappa shape index (κ3) is 4.45. The molecule has 0 amide bonds. The molecule has 3 heterocycles. The second-order valence-electron chi connectivity index (χ2n) is 8.90. The van der Waals surface area contributed by atoms with Gasteiger partial charge in [0, 0.05) is 36.9 Å². The van der Waals surface area contributed by atoms with Crippen molar-refractivity contribution in [2.45, 2.75) is 95.7 Å². The topological polar surface area (TPSA) is 50.3 Å². The van der Waals surface area contributed by atoms with Gasteiger partial charge in [-0.05, 0) is 45.4 Å². The Labute approximate surface area is 164 Å². The van der Waals surface area contributed by atoms with Gasteiger partial charge < -0.3 is 15.0 Å². The molecule has 27 heavy (non-hydrogen) atoms. The molecular weight excluding hydrogens is 336 g/mol. The molecule has 2 aliphatic heterocycles. The molecule has 1 saturated carbocycles. The van der Waals surface area contributed by atoms with Crippen LogP contribution in [0.4, 0.5) is 5.82 Å². The molecule has 4 rings (SSSR count). The Balaban J connectivity index is 1.30. The molecule has 0 unspecified atom stereocenters. The fourth-order valence-electron chi connectivity index (χ4n) is 5.29. The lowest BCUT2D eigenvalue weighted by molar-refractivity contribution is -0.0246. The first-order chi connectivity index (χ1) is 13.2. The van der Waals surface area contributed by atoms with E-state index in [0.29, 0.717) is 12.1 Å². The van der Waals surface area contributed by atoms with Gasteiger partial charge in [0.1, 0.15) is 11.6 Å².